The number of phosphoric acid groups is 3. The average molecular weight is 872 g/mol. The number of phosphoric ester groups is 3. The molecule has 23 nitrogen and oxygen atoms in total. The monoisotopic (exact) mass is 871 g/mol. The summed E-state index contributed by atoms with van der Waals surface area (Å²) in [5.74, 6) is -0.484. The Bertz CT molecular complexity index is 1670. The Kier molecular flexibility index (Phi) is 15.6. The number of nitrogens with zero attached hydrogens (tertiary/aromatic N) is 4. The van der Waals surface area contributed by atoms with Crippen LogP contribution in [0.25, 0.3) is 11.2 Å². The fourth-order valence-electron chi connectivity index (χ4n) is 4.36. The molecule has 1 aliphatic heterocycles. The Balaban J connectivity index is 1.55. The molecule has 1 fully saturated rings. The van der Waals surface area contributed by atoms with Crippen LogP contribution in [0.15, 0.2) is 12.7 Å². The minimum atomic E-state index is -5.54. The molecule has 3 heterocycles. The molecule has 3 rings (SSSR count). The van der Waals surface area contributed by atoms with Gasteiger partial charge in [0.15, 0.2) is 17.7 Å². The van der Waals surface area contributed by atoms with Gasteiger partial charge < -0.3 is 35.2 Å². The summed E-state index contributed by atoms with van der Waals surface area (Å²) in [5.41, 5.74) is 8.66. The van der Waals surface area contributed by atoms with Gasteiger partial charge in [0, 0.05) is 0 Å². The van der Waals surface area contributed by atoms with Gasteiger partial charge in [-0.25, -0.2) is 28.6 Å². The van der Waals surface area contributed by atoms with Crippen LogP contribution in [0.5, 0.6) is 0 Å². The van der Waals surface area contributed by atoms with Gasteiger partial charge in [0.25, 0.3) is 0 Å². The van der Waals surface area contributed by atoms with Crippen LogP contribution in [0, 0.1) is 5.41 Å². The molecular weight excluding hydrogens is 830 g/mol. The van der Waals surface area contributed by atoms with Crippen LogP contribution in [0.2, 0.25) is 11.4 Å². The molecule has 2 amide bonds. The number of carbonyl (C=O) groups excluding carboxylic acids is 2. The zero-order valence-corrected chi connectivity index (χ0v) is 33.0. The van der Waals surface area contributed by atoms with Crippen molar-refractivity contribution in [3.63, 3.8) is 0 Å². The zero-order valence-electron chi connectivity index (χ0n) is 27.6. The number of nitrogens with one attached hydrogen (secondary N) is 2. The first kappa shape index (κ1) is 43.8. The Morgan fingerprint density at radius 1 is 1.10 bits per heavy atom. The van der Waals surface area contributed by atoms with E-state index in [1.54, 1.807) is 0 Å². The Morgan fingerprint density at radius 3 is 2.41 bits per heavy atom. The van der Waals surface area contributed by atoms with Crippen LogP contribution in [-0.4, -0.2) is 131 Å². The number of hydrogen-bond acceptors (Lipinski definition) is 17. The first-order valence-corrected chi connectivity index (χ1v) is 26.2. The smallest absolute Gasteiger partial charge is 0.386 e. The van der Waals surface area contributed by atoms with Gasteiger partial charge in [0.1, 0.15) is 30.2 Å². The van der Waals surface area contributed by atoms with E-state index in [9.17, 15) is 53.1 Å². The van der Waals surface area contributed by atoms with E-state index in [1.807, 2.05) is 10.0 Å². The van der Waals surface area contributed by atoms with Gasteiger partial charge in [-0.05, 0) is 0 Å². The van der Waals surface area contributed by atoms with Crippen molar-refractivity contribution in [2.45, 2.75) is 62.3 Å². The van der Waals surface area contributed by atoms with Crippen molar-refractivity contribution in [2.75, 3.05) is 37.8 Å². The van der Waals surface area contributed by atoms with Crippen molar-refractivity contribution in [2.24, 2.45) is 5.41 Å². The number of nitrogen functional groups attached to an aromatic ring is 1. The third-order valence-electron chi connectivity index (χ3n) is 6.85. The first-order valence-electron chi connectivity index (χ1n) is 14.7. The SMILES string of the molecule is C[As](C)SCCNC(=O)CCNC(=O)C(O)C(C)(C)COP(=O)(O)OP(=O)(O)OCC1OC(n2cnc3c(N)ncnc32)C(O)C1OP(=O)(O)O. The van der Waals surface area contributed by atoms with Gasteiger partial charge >= 0.3 is 153 Å². The van der Waals surface area contributed by atoms with E-state index in [-0.39, 0.29) is 35.9 Å². The number of aromatic nitrogens is 4. The number of aliphatic hydroxyl groups is 2. The van der Waals surface area contributed by atoms with Gasteiger partial charge in [-0.3, -0.25) is 18.1 Å². The van der Waals surface area contributed by atoms with E-state index in [2.05, 4.69) is 45.8 Å². The van der Waals surface area contributed by atoms with Crippen LogP contribution in [0.1, 0.15) is 26.5 Å². The molecule has 0 spiro atoms. The molecule has 10 N–H and O–H groups in total. The van der Waals surface area contributed by atoms with Crippen molar-refractivity contribution in [3.05, 3.63) is 12.7 Å². The minimum Gasteiger partial charge on any atom is -0.386 e. The van der Waals surface area contributed by atoms with Gasteiger partial charge in [-0.2, -0.15) is 4.31 Å². The Hall–Kier alpha value is -1.55. The van der Waals surface area contributed by atoms with Crippen LogP contribution in [-0.2, 0) is 45.9 Å². The van der Waals surface area contributed by atoms with Gasteiger partial charge in [0.05, 0.1) is 12.9 Å². The molecule has 7 unspecified atom stereocenters. The Morgan fingerprint density at radius 2 is 1.76 bits per heavy atom. The first-order chi connectivity index (χ1) is 23.5. The van der Waals surface area contributed by atoms with E-state index in [1.165, 1.54) is 13.8 Å². The van der Waals surface area contributed by atoms with E-state index in [0.29, 0.717) is 6.54 Å². The summed E-state index contributed by atoms with van der Waals surface area (Å²) in [6, 6.07) is 0. The molecular formula is C23H41AsN7O16P3S. The summed E-state index contributed by atoms with van der Waals surface area (Å²) >= 11 is -0.870. The molecule has 2 aromatic heterocycles. The van der Waals surface area contributed by atoms with Crippen molar-refractivity contribution < 1.29 is 75.7 Å². The second-order valence-electron chi connectivity index (χ2n) is 11.7. The molecule has 51 heavy (non-hydrogen) atoms. The number of fused-ring (bicyclic) bond motifs is 1. The number of carbonyl (C=O) groups is 2. The predicted molar refractivity (Wildman–Crippen MR) is 180 cm³/mol. The van der Waals surface area contributed by atoms with Crippen LogP contribution >= 0.6 is 33.5 Å². The number of rotatable bonds is 20. The third-order valence-corrected chi connectivity index (χ3v) is 15.3. The molecule has 1 aliphatic rings. The molecule has 2 aromatic rings. The maximum atomic E-state index is 12.6. The van der Waals surface area contributed by atoms with Gasteiger partial charge in [-0.15, -0.1) is 0 Å². The molecule has 0 bridgehead atoms. The summed E-state index contributed by atoms with van der Waals surface area (Å²) in [7, 11) is -14.5. The van der Waals surface area contributed by atoms with Crippen molar-refractivity contribution in [3.8, 4) is 0 Å². The second-order valence-corrected chi connectivity index (χ2v) is 25.4. The fourth-order valence-corrected chi connectivity index (χ4v) is 10.6. The molecule has 0 saturated carbocycles. The zero-order chi connectivity index (χ0) is 38.4. The molecule has 0 aromatic carbocycles. The third kappa shape index (κ3) is 13.4. The number of hydrogen-bond donors (Lipinski definition) is 9. The van der Waals surface area contributed by atoms with E-state index >= 15 is 0 Å². The quantitative estimate of drug-likeness (QED) is 0.0455. The molecule has 28 heteroatoms. The van der Waals surface area contributed by atoms with Crippen LogP contribution < -0.4 is 16.4 Å². The molecule has 7 atom stereocenters. The second kappa shape index (κ2) is 18.2. The summed E-state index contributed by atoms with van der Waals surface area (Å²) < 4.78 is 62.0. The summed E-state index contributed by atoms with van der Waals surface area (Å²) in [5, 5.41) is 26.4. The molecule has 1 saturated heterocycles. The number of ether oxygens (including phenoxy) is 1. The summed E-state index contributed by atoms with van der Waals surface area (Å²) in [6.45, 7) is 0.959. The van der Waals surface area contributed by atoms with Crippen molar-refractivity contribution in [1.29, 1.82) is 0 Å². The molecule has 0 aliphatic carbocycles. The number of anilines is 1. The summed E-state index contributed by atoms with van der Waals surface area (Å²) in [6.07, 6.45) is -6.68. The normalized spacial score (nSPS) is 22.8. The van der Waals surface area contributed by atoms with E-state index in [4.69, 9.17) is 19.5 Å². The van der Waals surface area contributed by atoms with Crippen molar-refractivity contribution in [1.82, 2.24) is 30.2 Å². The maximum absolute atomic E-state index is 12.6. The van der Waals surface area contributed by atoms with Crippen molar-refractivity contribution >= 4 is 75.8 Å². The molecule has 0 radical (unpaired) electrons. The fraction of sp³-hybridized carbons (Fsp3) is 0.696. The average Bonchev–Trinajstić information content (AvgIpc) is 3.57. The number of amides is 2. The van der Waals surface area contributed by atoms with Crippen LogP contribution in [0.3, 0.4) is 0 Å². The minimum absolute atomic E-state index is 0.0336. The predicted octanol–water partition coefficient (Wildman–Crippen LogP) is -0.611. The van der Waals surface area contributed by atoms with Gasteiger partial charge in [0.2, 0.25) is 0 Å². The topological polar surface area (TPSA) is 347 Å². The molecule has 290 valence electrons. The van der Waals surface area contributed by atoms with E-state index in [0.717, 1.165) is 23.0 Å². The Labute approximate surface area is 299 Å². The standard InChI is InChI=1S/C23H41AsN7O16P3S/c1-23(2,18(34)21(35)27-6-5-14(32)26-7-8-51-24(3)4)10-44-50(41,42)47-49(39,40)43-9-13-17(46-48(36,37)38)16(33)22(45-13)31-12-30-15-19(25)28-11-29-20(15)31/h11-13,16-18,22,33-34H,5-10H2,1-4H3,(H,26,32)(H,27,35)(H,39,40)(H,41,42)(H2,25,28,29)(H2,36,37,38). The number of nitrogens with two attached hydrogens (primary N) is 1. The van der Waals surface area contributed by atoms with Crippen LogP contribution in [0.4, 0.5) is 5.82 Å². The number of aliphatic hydroxyl groups excluding tert-OH is 2. The van der Waals surface area contributed by atoms with E-state index < -0.39 is 92.1 Å². The number of imidazole rings is 1. The summed E-state index contributed by atoms with van der Waals surface area (Å²) in [4.78, 5) is 75.2. The van der Waals surface area contributed by atoms with Gasteiger partial charge in [-0.1, -0.05) is 0 Å².